The fourth-order valence-electron chi connectivity index (χ4n) is 0.858. The molecule has 0 aromatic carbocycles. The lowest BCUT2D eigenvalue weighted by atomic mass is 10.1. The monoisotopic (exact) mass is 162 g/mol. The van der Waals surface area contributed by atoms with Crippen LogP contribution in [-0.2, 0) is 0 Å². The van der Waals surface area contributed by atoms with Gasteiger partial charge in [0.25, 0.3) is 0 Å². The third-order valence-electron chi connectivity index (χ3n) is 1.51. The molecule has 0 radical (unpaired) electrons. The molecular formula is C8H22N2O+2. The fraction of sp³-hybridized carbons (Fsp3) is 1.00. The number of hydrogen-bond acceptors (Lipinski definition) is 1. The quantitative estimate of drug-likeness (QED) is 0.436. The summed E-state index contributed by atoms with van der Waals surface area (Å²) in [6.07, 6.45) is -0.181. The molecule has 0 spiro atoms. The van der Waals surface area contributed by atoms with Crippen LogP contribution >= 0.6 is 0 Å². The molecule has 0 fully saturated rings. The van der Waals surface area contributed by atoms with Crippen LogP contribution in [-0.4, -0.2) is 36.9 Å². The van der Waals surface area contributed by atoms with Crippen LogP contribution in [0.25, 0.3) is 0 Å². The zero-order valence-electron chi connectivity index (χ0n) is 8.09. The van der Waals surface area contributed by atoms with Crippen molar-refractivity contribution in [1.29, 1.82) is 0 Å². The number of nitrogens with two attached hydrogens (primary N) is 2. The number of aliphatic hydroxyl groups excluding tert-OH is 1. The minimum absolute atomic E-state index is 0.181. The van der Waals surface area contributed by atoms with Crippen LogP contribution in [0, 0.1) is 0 Å². The Bertz CT molecular complexity index is 98.8. The zero-order valence-corrected chi connectivity index (χ0v) is 8.09. The molecule has 0 aliphatic heterocycles. The van der Waals surface area contributed by atoms with Crippen molar-refractivity contribution in [1.82, 2.24) is 0 Å². The van der Waals surface area contributed by atoms with Gasteiger partial charge in [-0.2, -0.15) is 0 Å². The molecule has 5 N–H and O–H groups in total. The Kier molecular flexibility index (Phi) is 4.65. The van der Waals surface area contributed by atoms with Crippen LogP contribution < -0.4 is 10.6 Å². The molecule has 0 amide bonds. The van der Waals surface area contributed by atoms with Crippen molar-refractivity contribution in [3.63, 3.8) is 0 Å². The molecular weight excluding hydrogens is 140 g/mol. The van der Waals surface area contributed by atoms with E-state index in [1.807, 2.05) is 12.4 Å². The highest BCUT2D eigenvalue weighted by Gasteiger charge is 2.16. The number of quaternary nitrogens is 2. The van der Waals surface area contributed by atoms with E-state index < -0.39 is 0 Å². The summed E-state index contributed by atoms with van der Waals surface area (Å²) in [5, 5.41) is 13.5. The van der Waals surface area contributed by atoms with Crippen LogP contribution in [0.3, 0.4) is 0 Å². The van der Waals surface area contributed by atoms with Crippen molar-refractivity contribution < 1.29 is 15.7 Å². The van der Waals surface area contributed by atoms with E-state index >= 15 is 0 Å². The Balaban J connectivity index is 3.38. The topological polar surface area (TPSA) is 53.5 Å². The first-order chi connectivity index (χ1) is 4.95. The normalized spacial score (nSPS) is 15.0. The Morgan fingerprint density at radius 1 is 1.27 bits per heavy atom. The molecule has 0 saturated carbocycles. The van der Waals surface area contributed by atoms with Crippen LogP contribution in [0.15, 0.2) is 0 Å². The summed E-state index contributed by atoms with van der Waals surface area (Å²) in [6.45, 7) is 8.04. The zero-order chi connectivity index (χ0) is 8.91. The van der Waals surface area contributed by atoms with Crippen LogP contribution in [0.2, 0.25) is 0 Å². The van der Waals surface area contributed by atoms with Crippen molar-refractivity contribution in [2.45, 2.75) is 32.4 Å². The molecule has 0 aromatic heterocycles. The molecule has 0 bridgehead atoms. The van der Waals surface area contributed by atoms with Gasteiger partial charge in [0.1, 0.15) is 13.1 Å². The van der Waals surface area contributed by atoms with Gasteiger partial charge < -0.3 is 15.7 Å². The van der Waals surface area contributed by atoms with Gasteiger partial charge in [-0.15, -0.1) is 0 Å². The van der Waals surface area contributed by atoms with Crippen molar-refractivity contribution in [2.75, 3.05) is 20.1 Å². The maximum Gasteiger partial charge on any atom is 0.151 e. The smallest absolute Gasteiger partial charge is 0.151 e. The molecule has 0 heterocycles. The molecule has 1 atom stereocenters. The standard InChI is InChI=1S/C8H20N2O/c1-8(2,3)10-6-7(11)5-9-4/h7,9-11H,5-6H2,1-4H3/p+2/t7-/m0/s1. The lowest BCUT2D eigenvalue weighted by Crippen LogP contribution is -2.97. The van der Waals surface area contributed by atoms with Gasteiger partial charge in [-0.1, -0.05) is 0 Å². The van der Waals surface area contributed by atoms with E-state index in [4.69, 9.17) is 0 Å². The number of aliphatic hydroxyl groups is 1. The Morgan fingerprint density at radius 2 is 1.82 bits per heavy atom. The SMILES string of the molecule is C[NH2+]C[C@H](O)C[NH2+]C(C)(C)C. The predicted molar refractivity (Wildman–Crippen MR) is 45.3 cm³/mol. The molecule has 0 saturated heterocycles. The minimum Gasteiger partial charge on any atom is -0.382 e. The first-order valence-electron chi connectivity index (χ1n) is 4.26. The van der Waals surface area contributed by atoms with E-state index in [2.05, 4.69) is 26.1 Å². The summed E-state index contributed by atoms with van der Waals surface area (Å²) in [6, 6.07) is 0. The first-order valence-corrected chi connectivity index (χ1v) is 4.26. The van der Waals surface area contributed by atoms with E-state index in [9.17, 15) is 5.11 Å². The van der Waals surface area contributed by atoms with Gasteiger partial charge in [0.05, 0.1) is 12.6 Å². The summed E-state index contributed by atoms with van der Waals surface area (Å²) in [5.41, 5.74) is 0.231. The molecule has 0 aliphatic rings. The maximum atomic E-state index is 9.35. The highest BCUT2D eigenvalue weighted by molar-refractivity contribution is 4.54. The molecule has 68 valence electrons. The maximum absolute atomic E-state index is 9.35. The minimum atomic E-state index is -0.181. The molecule has 11 heavy (non-hydrogen) atoms. The van der Waals surface area contributed by atoms with Crippen molar-refractivity contribution in [2.24, 2.45) is 0 Å². The Morgan fingerprint density at radius 3 is 2.18 bits per heavy atom. The first kappa shape index (κ1) is 10.9. The Hall–Kier alpha value is -0.120. The van der Waals surface area contributed by atoms with Gasteiger partial charge >= 0.3 is 0 Å². The van der Waals surface area contributed by atoms with E-state index in [1.54, 1.807) is 0 Å². The third-order valence-corrected chi connectivity index (χ3v) is 1.51. The number of likely N-dealkylation sites (N-methyl/N-ethyl adjacent to an activating group) is 1. The second-order valence-corrected chi connectivity index (χ2v) is 4.10. The van der Waals surface area contributed by atoms with E-state index in [1.165, 1.54) is 0 Å². The molecule has 3 nitrogen and oxygen atoms in total. The summed E-state index contributed by atoms with van der Waals surface area (Å²) >= 11 is 0. The Labute approximate surface area is 69.2 Å². The second-order valence-electron chi connectivity index (χ2n) is 4.10. The van der Waals surface area contributed by atoms with E-state index in [0.717, 1.165) is 13.1 Å². The highest BCUT2D eigenvalue weighted by Crippen LogP contribution is 1.88. The van der Waals surface area contributed by atoms with Crippen LogP contribution in [0.4, 0.5) is 0 Å². The van der Waals surface area contributed by atoms with E-state index in [0.29, 0.717) is 0 Å². The van der Waals surface area contributed by atoms with Gasteiger partial charge in [0.15, 0.2) is 6.10 Å². The van der Waals surface area contributed by atoms with Crippen LogP contribution in [0.1, 0.15) is 20.8 Å². The molecule has 0 aromatic rings. The van der Waals surface area contributed by atoms with Gasteiger partial charge in [-0.3, -0.25) is 0 Å². The molecule has 0 aliphatic carbocycles. The van der Waals surface area contributed by atoms with Gasteiger partial charge in [-0.25, -0.2) is 0 Å². The lowest BCUT2D eigenvalue weighted by Gasteiger charge is -2.18. The summed E-state index contributed by atoms with van der Waals surface area (Å²) < 4.78 is 0. The summed E-state index contributed by atoms with van der Waals surface area (Å²) in [5.74, 6) is 0. The predicted octanol–water partition coefficient (Wildman–Crippen LogP) is -2.10. The summed E-state index contributed by atoms with van der Waals surface area (Å²) in [4.78, 5) is 0. The summed E-state index contributed by atoms with van der Waals surface area (Å²) in [7, 11) is 1.97. The largest absolute Gasteiger partial charge is 0.382 e. The van der Waals surface area contributed by atoms with Gasteiger partial charge in [0.2, 0.25) is 0 Å². The second kappa shape index (κ2) is 4.70. The van der Waals surface area contributed by atoms with E-state index in [-0.39, 0.29) is 11.6 Å². The van der Waals surface area contributed by atoms with Gasteiger partial charge in [0, 0.05) is 0 Å². The third kappa shape index (κ3) is 7.78. The van der Waals surface area contributed by atoms with Crippen molar-refractivity contribution >= 4 is 0 Å². The number of rotatable bonds is 4. The van der Waals surface area contributed by atoms with Gasteiger partial charge in [-0.05, 0) is 20.8 Å². The average Bonchev–Trinajstić information content (AvgIpc) is 1.83. The van der Waals surface area contributed by atoms with Crippen molar-refractivity contribution in [3.8, 4) is 0 Å². The molecule has 0 unspecified atom stereocenters. The van der Waals surface area contributed by atoms with Crippen molar-refractivity contribution in [3.05, 3.63) is 0 Å². The molecule has 3 heteroatoms. The highest BCUT2D eigenvalue weighted by atomic mass is 16.3. The van der Waals surface area contributed by atoms with Crippen LogP contribution in [0.5, 0.6) is 0 Å². The average molecular weight is 162 g/mol. The lowest BCUT2D eigenvalue weighted by molar-refractivity contribution is -0.729. The number of hydrogen-bond donors (Lipinski definition) is 3. The molecule has 0 rings (SSSR count). The fourth-order valence-corrected chi connectivity index (χ4v) is 0.858.